The summed E-state index contributed by atoms with van der Waals surface area (Å²) in [5.74, 6) is 2.33. The average Bonchev–Trinajstić information content (AvgIpc) is 3.12. The van der Waals surface area contributed by atoms with Crippen LogP contribution < -0.4 is 9.64 Å². The van der Waals surface area contributed by atoms with E-state index in [0.717, 1.165) is 37.8 Å². The van der Waals surface area contributed by atoms with Gasteiger partial charge in [-0.3, -0.25) is 4.90 Å². The molecule has 0 unspecified atom stereocenters. The van der Waals surface area contributed by atoms with Crippen LogP contribution in [0.3, 0.4) is 0 Å². The van der Waals surface area contributed by atoms with Crippen molar-refractivity contribution in [3.05, 3.63) is 30.1 Å². The van der Waals surface area contributed by atoms with E-state index in [1.807, 2.05) is 16.8 Å². The highest BCUT2D eigenvalue weighted by atomic mass is 16.5. The van der Waals surface area contributed by atoms with Gasteiger partial charge < -0.3 is 9.64 Å². The third-order valence-electron chi connectivity index (χ3n) is 5.05. The van der Waals surface area contributed by atoms with Gasteiger partial charge in [0.2, 0.25) is 0 Å². The van der Waals surface area contributed by atoms with Crippen molar-refractivity contribution in [2.45, 2.75) is 39.8 Å². The second kappa shape index (κ2) is 8.03. The van der Waals surface area contributed by atoms with Gasteiger partial charge in [0.25, 0.3) is 0 Å². The molecule has 7 nitrogen and oxygen atoms in total. The van der Waals surface area contributed by atoms with E-state index in [9.17, 15) is 0 Å². The van der Waals surface area contributed by atoms with Gasteiger partial charge >= 0.3 is 0 Å². The van der Waals surface area contributed by atoms with Crippen molar-refractivity contribution in [1.29, 1.82) is 0 Å². The SMILES string of the molecule is COc1ccc(N2CCN([C@H](c3nnnn3C(C)C)C(C)C)CC2)cc1. The lowest BCUT2D eigenvalue weighted by Crippen LogP contribution is -2.49. The number of benzene rings is 1. The van der Waals surface area contributed by atoms with Crippen LogP contribution in [0.25, 0.3) is 0 Å². The van der Waals surface area contributed by atoms with Crippen LogP contribution in [0.2, 0.25) is 0 Å². The Balaban J connectivity index is 1.71. The van der Waals surface area contributed by atoms with Crippen LogP contribution in [-0.4, -0.2) is 58.4 Å². The molecule has 1 aliphatic rings. The maximum absolute atomic E-state index is 5.26. The minimum Gasteiger partial charge on any atom is -0.497 e. The van der Waals surface area contributed by atoms with Crippen LogP contribution in [-0.2, 0) is 0 Å². The maximum Gasteiger partial charge on any atom is 0.168 e. The second-order valence-electron chi connectivity index (χ2n) is 7.49. The van der Waals surface area contributed by atoms with E-state index in [2.05, 4.69) is 65.2 Å². The van der Waals surface area contributed by atoms with E-state index < -0.39 is 0 Å². The lowest BCUT2D eigenvalue weighted by molar-refractivity contribution is 0.133. The van der Waals surface area contributed by atoms with Gasteiger partial charge in [-0.2, -0.15) is 0 Å². The summed E-state index contributed by atoms with van der Waals surface area (Å²) < 4.78 is 7.21. The quantitative estimate of drug-likeness (QED) is 0.791. The molecule has 0 N–H and O–H groups in total. The summed E-state index contributed by atoms with van der Waals surface area (Å²) in [6.45, 7) is 12.7. The van der Waals surface area contributed by atoms with Crippen LogP contribution in [0.5, 0.6) is 5.75 Å². The fourth-order valence-corrected chi connectivity index (χ4v) is 3.70. The monoisotopic (exact) mass is 358 g/mol. The summed E-state index contributed by atoms with van der Waals surface area (Å²) >= 11 is 0. The minimum atomic E-state index is 0.241. The molecule has 142 valence electrons. The molecule has 1 fully saturated rings. The fraction of sp³-hybridized carbons (Fsp3) is 0.632. The van der Waals surface area contributed by atoms with Crippen molar-refractivity contribution >= 4 is 5.69 Å². The van der Waals surface area contributed by atoms with E-state index in [-0.39, 0.29) is 12.1 Å². The number of aromatic nitrogens is 4. The van der Waals surface area contributed by atoms with Crippen LogP contribution in [0.4, 0.5) is 5.69 Å². The number of methoxy groups -OCH3 is 1. The molecule has 0 amide bonds. The molecule has 1 saturated heterocycles. The van der Waals surface area contributed by atoms with Gasteiger partial charge in [-0.15, -0.1) is 5.10 Å². The molecular formula is C19H30N6O. The second-order valence-corrected chi connectivity index (χ2v) is 7.49. The molecule has 0 aliphatic carbocycles. The number of hydrogen-bond donors (Lipinski definition) is 0. The molecule has 2 aromatic rings. The number of tetrazole rings is 1. The van der Waals surface area contributed by atoms with Gasteiger partial charge in [-0.1, -0.05) is 13.8 Å². The highest BCUT2D eigenvalue weighted by Crippen LogP contribution is 2.30. The molecular weight excluding hydrogens is 328 g/mol. The van der Waals surface area contributed by atoms with Crippen LogP contribution in [0, 0.1) is 5.92 Å². The Morgan fingerprint density at radius 2 is 1.62 bits per heavy atom. The average molecular weight is 358 g/mol. The van der Waals surface area contributed by atoms with Crippen LogP contribution in [0.15, 0.2) is 24.3 Å². The first-order valence-corrected chi connectivity index (χ1v) is 9.42. The zero-order valence-electron chi connectivity index (χ0n) is 16.5. The lowest BCUT2D eigenvalue weighted by Gasteiger charge is -2.41. The number of hydrogen-bond acceptors (Lipinski definition) is 6. The highest BCUT2D eigenvalue weighted by molar-refractivity contribution is 5.49. The minimum absolute atomic E-state index is 0.241. The molecule has 26 heavy (non-hydrogen) atoms. The number of ether oxygens (including phenoxy) is 1. The van der Waals surface area contributed by atoms with E-state index in [1.54, 1.807) is 7.11 Å². The van der Waals surface area contributed by atoms with Gasteiger partial charge in [0, 0.05) is 31.9 Å². The summed E-state index contributed by atoms with van der Waals surface area (Å²) in [5, 5.41) is 12.5. The van der Waals surface area contributed by atoms with Crippen molar-refractivity contribution < 1.29 is 4.74 Å². The first-order valence-electron chi connectivity index (χ1n) is 9.42. The molecule has 0 spiro atoms. The topological polar surface area (TPSA) is 59.3 Å². The van der Waals surface area contributed by atoms with Crippen molar-refractivity contribution in [2.75, 3.05) is 38.2 Å². The Morgan fingerprint density at radius 3 is 2.15 bits per heavy atom. The molecule has 1 aromatic carbocycles. The van der Waals surface area contributed by atoms with Crippen molar-refractivity contribution in [3.63, 3.8) is 0 Å². The molecule has 2 heterocycles. The van der Waals surface area contributed by atoms with Gasteiger partial charge in [-0.25, -0.2) is 4.68 Å². The molecule has 1 atom stereocenters. The summed E-state index contributed by atoms with van der Waals surface area (Å²) in [6, 6.07) is 8.82. The fourth-order valence-electron chi connectivity index (χ4n) is 3.70. The molecule has 0 bridgehead atoms. The number of piperazine rings is 1. The van der Waals surface area contributed by atoms with Crippen LogP contribution in [0.1, 0.15) is 45.6 Å². The van der Waals surface area contributed by atoms with Gasteiger partial charge in [0.1, 0.15) is 5.75 Å². The first kappa shape index (κ1) is 18.6. The van der Waals surface area contributed by atoms with E-state index in [4.69, 9.17) is 4.74 Å². The molecule has 3 rings (SSSR count). The number of nitrogens with zero attached hydrogens (tertiary/aromatic N) is 6. The number of rotatable bonds is 6. The molecule has 7 heteroatoms. The molecule has 1 aliphatic heterocycles. The summed E-state index contributed by atoms with van der Waals surface area (Å²) in [7, 11) is 1.70. The smallest absolute Gasteiger partial charge is 0.168 e. The largest absolute Gasteiger partial charge is 0.497 e. The predicted octanol–water partition coefficient (Wildman–Crippen LogP) is 2.78. The van der Waals surface area contributed by atoms with E-state index in [1.165, 1.54) is 5.69 Å². The van der Waals surface area contributed by atoms with Crippen LogP contribution >= 0.6 is 0 Å². The molecule has 0 saturated carbocycles. The zero-order valence-corrected chi connectivity index (χ0v) is 16.5. The molecule has 0 radical (unpaired) electrons. The van der Waals surface area contributed by atoms with Gasteiger partial charge in [0.05, 0.1) is 19.2 Å². The van der Waals surface area contributed by atoms with Gasteiger partial charge in [-0.05, 0) is 54.5 Å². The standard InChI is InChI=1S/C19H30N6O/c1-14(2)18(19-20-21-22-25(19)15(3)4)24-12-10-23(11-13-24)16-6-8-17(26-5)9-7-16/h6-9,14-15,18H,10-13H2,1-5H3/t18-/m0/s1. The van der Waals surface area contributed by atoms with Crippen molar-refractivity contribution in [2.24, 2.45) is 5.92 Å². The van der Waals surface area contributed by atoms with Crippen molar-refractivity contribution in [1.82, 2.24) is 25.1 Å². The predicted molar refractivity (Wildman–Crippen MR) is 103 cm³/mol. The Kier molecular flexibility index (Phi) is 5.76. The molecule has 1 aromatic heterocycles. The third-order valence-corrected chi connectivity index (χ3v) is 5.05. The summed E-state index contributed by atoms with van der Waals surface area (Å²) in [4.78, 5) is 4.95. The normalized spacial score (nSPS) is 17.1. The Morgan fingerprint density at radius 1 is 0.962 bits per heavy atom. The summed E-state index contributed by atoms with van der Waals surface area (Å²) in [5.41, 5.74) is 1.25. The Hall–Kier alpha value is -2.15. The zero-order chi connectivity index (χ0) is 18.7. The first-order chi connectivity index (χ1) is 12.5. The van der Waals surface area contributed by atoms with Crippen molar-refractivity contribution in [3.8, 4) is 5.75 Å². The van der Waals surface area contributed by atoms with Gasteiger partial charge in [0.15, 0.2) is 5.82 Å². The third kappa shape index (κ3) is 3.82. The summed E-state index contributed by atoms with van der Waals surface area (Å²) in [6.07, 6.45) is 0. The van der Waals surface area contributed by atoms with E-state index >= 15 is 0 Å². The number of anilines is 1. The Bertz CT molecular complexity index is 688. The lowest BCUT2D eigenvalue weighted by atomic mass is 10.0. The highest BCUT2D eigenvalue weighted by Gasteiger charge is 2.31. The van der Waals surface area contributed by atoms with E-state index in [0.29, 0.717) is 5.92 Å². The Labute approximate surface area is 155 Å². The maximum atomic E-state index is 5.26.